The molecule has 0 bridgehead atoms. The highest BCUT2D eigenvalue weighted by atomic mass is 32.2. The molecule has 0 saturated carbocycles. The van der Waals surface area contributed by atoms with Crippen molar-refractivity contribution in [3.63, 3.8) is 0 Å². The fraction of sp³-hybridized carbons (Fsp3) is 0.524. The smallest absolute Gasteiger partial charge is 0.331 e. The quantitative estimate of drug-likeness (QED) is 0.575. The number of carbonyl (C=O) groups excluding carboxylic acids is 1. The van der Waals surface area contributed by atoms with Gasteiger partial charge in [-0.3, -0.25) is 0 Å². The van der Waals surface area contributed by atoms with Crippen molar-refractivity contribution >= 4 is 21.6 Å². The fourth-order valence-corrected chi connectivity index (χ4v) is 6.06. The van der Waals surface area contributed by atoms with E-state index in [0.29, 0.717) is 12.2 Å². The molecule has 2 atom stereocenters. The van der Waals surface area contributed by atoms with Gasteiger partial charge < -0.3 is 15.2 Å². The van der Waals surface area contributed by atoms with E-state index in [-0.39, 0.29) is 23.3 Å². The number of fused-ring (bicyclic) bond motifs is 3. The highest BCUT2D eigenvalue weighted by Gasteiger charge is 2.36. The minimum Gasteiger partial charge on any atom is -0.469 e. The minimum absolute atomic E-state index is 0.0208. The van der Waals surface area contributed by atoms with Crippen LogP contribution in [0.3, 0.4) is 0 Å². The molecule has 3 aliphatic rings. The monoisotopic (exact) mass is 445 g/mol. The number of aryl methyl sites for hydroxylation is 2. The first kappa shape index (κ1) is 20.3. The molecule has 2 aliphatic carbocycles. The van der Waals surface area contributed by atoms with Gasteiger partial charge in [0.25, 0.3) is 0 Å². The maximum atomic E-state index is 13.1. The summed E-state index contributed by atoms with van der Waals surface area (Å²) in [5.41, 5.74) is 4.65. The Morgan fingerprint density at radius 1 is 1.39 bits per heavy atom. The molecule has 9 nitrogen and oxygen atoms in total. The van der Waals surface area contributed by atoms with Crippen LogP contribution in [-0.2, 0) is 35.7 Å². The van der Waals surface area contributed by atoms with Crippen molar-refractivity contribution in [3.8, 4) is 5.88 Å². The lowest BCUT2D eigenvalue weighted by Gasteiger charge is -2.20. The largest absolute Gasteiger partial charge is 0.469 e. The van der Waals surface area contributed by atoms with Crippen LogP contribution in [0.1, 0.15) is 54.9 Å². The van der Waals surface area contributed by atoms with Gasteiger partial charge in [-0.15, -0.1) is 0 Å². The summed E-state index contributed by atoms with van der Waals surface area (Å²) in [4.78, 5) is 13.0. The van der Waals surface area contributed by atoms with Crippen LogP contribution in [0.15, 0.2) is 17.2 Å². The second kappa shape index (κ2) is 6.96. The number of benzene rings is 1. The average molecular weight is 446 g/mol. The van der Waals surface area contributed by atoms with Crippen molar-refractivity contribution in [1.29, 1.82) is 4.78 Å². The van der Waals surface area contributed by atoms with E-state index >= 15 is 0 Å². The minimum atomic E-state index is -3.68. The number of nitrogens with one attached hydrogen (secondary N) is 3. The van der Waals surface area contributed by atoms with Gasteiger partial charge in [0.1, 0.15) is 10.5 Å². The van der Waals surface area contributed by atoms with Gasteiger partial charge in [0.05, 0.1) is 19.3 Å². The van der Waals surface area contributed by atoms with E-state index in [0.717, 1.165) is 48.8 Å². The van der Waals surface area contributed by atoms with Gasteiger partial charge in [0, 0.05) is 11.6 Å². The van der Waals surface area contributed by atoms with Crippen LogP contribution < -0.4 is 14.8 Å². The maximum Gasteiger partial charge on any atom is 0.331 e. The number of nitrogens with zero attached hydrogens (tertiary/aromatic N) is 2. The van der Waals surface area contributed by atoms with E-state index in [2.05, 4.69) is 21.2 Å². The molecule has 1 aromatic carbocycles. The average Bonchev–Trinajstić information content (AvgIpc) is 3.42. The van der Waals surface area contributed by atoms with E-state index in [1.165, 1.54) is 11.8 Å². The first-order chi connectivity index (χ1) is 14.7. The van der Waals surface area contributed by atoms with E-state index in [9.17, 15) is 14.1 Å². The third-order valence-electron chi connectivity index (χ3n) is 6.36. The van der Waals surface area contributed by atoms with Gasteiger partial charge >= 0.3 is 6.03 Å². The van der Waals surface area contributed by atoms with Gasteiger partial charge in [-0.1, -0.05) is 6.07 Å². The van der Waals surface area contributed by atoms with Crippen molar-refractivity contribution < 1.29 is 18.8 Å². The van der Waals surface area contributed by atoms with Gasteiger partial charge in [0.2, 0.25) is 5.88 Å². The summed E-state index contributed by atoms with van der Waals surface area (Å²) in [6.45, 7) is 4.26. The molecule has 31 heavy (non-hydrogen) atoms. The van der Waals surface area contributed by atoms with Crippen LogP contribution in [0.25, 0.3) is 0 Å². The normalized spacial score (nSPS) is 22.2. The van der Waals surface area contributed by atoms with Crippen molar-refractivity contribution in [2.45, 2.75) is 68.9 Å². The standard InChI is InChI=1S/C21H27N5O4S/c1-21(2)11-26-19(30-21)16(9-23-26)31(22,29)25-20(28)24-18-15-5-3-4-12(15)8-13-6-7-14(10-27)17(13)18/h8-9,14,27H,3-7,10-11H2,1-2H3,(H3,22,24,25,28,29). The molecule has 5 rings (SSSR count). The number of aromatic nitrogens is 2. The number of amides is 2. The summed E-state index contributed by atoms with van der Waals surface area (Å²) >= 11 is 0. The number of ether oxygens (including phenoxy) is 1. The summed E-state index contributed by atoms with van der Waals surface area (Å²) in [5, 5.41) is 16.9. The molecule has 2 aromatic rings. The zero-order chi connectivity index (χ0) is 22.0. The maximum absolute atomic E-state index is 13.1. The highest BCUT2D eigenvalue weighted by molar-refractivity contribution is 7.91. The first-order valence-electron chi connectivity index (χ1n) is 10.6. The molecule has 0 fully saturated rings. The van der Waals surface area contributed by atoms with Crippen LogP contribution in [-0.4, -0.2) is 37.3 Å². The van der Waals surface area contributed by atoms with Crippen LogP contribution in [0, 0.1) is 4.78 Å². The molecule has 2 amide bonds. The third-order valence-corrected chi connectivity index (χ3v) is 7.74. The number of aliphatic hydroxyl groups excluding tert-OH is 1. The number of carbonyl (C=O) groups is 1. The van der Waals surface area contributed by atoms with E-state index in [1.807, 2.05) is 13.8 Å². The summed E-state index contributed by atoms with van der Waals surface area (Å²) in [5.74, 6) is 0.235. The Balaban J connectivity index is 1.43. The lowest BCUT2D eigenvalue weighted by Crippen LogP contribution is -2.34. The number of rotatable bonds is 4. The first-order valence-corrected chi connectivity index (χ1v) is 12.1. The summed E-state index contributed by atoms with van der Waals surface area (Å²) < 4.78 is 31.2. The van der Waals surface area contributed by atoms with E-state index in [4.69, 9.17) is 9.52 Å². The number of anilines is 1. The summed E-state index contributed by atoms with van der Waals surface area (Å²) in [6, 6.07) is 1.50. The Bertz CT molecular complexity index is 1180. The molecule has 4 N–H and O–H groups in total. The van der Waals surface area contributed by atoms with Crippen LogP contribution in [0.4, 0.5) is 10.5 Å². The van der Waals surface area contributed by atoms with Crippen LogP contribution >= 0.6 is 0 Å². The van der Waals surface area contributed by atoms with Gasteiger partial charge in [-0.05, 0) is 68.2 Å². The van der Waals surface area contributed by atoms with Crippen molar-refractivity contribution in [2.75, 3.05) is 11.9 Å². The highest BCUT2D eigenvalue weighted by Crippen LogP contribution is 2.44. The third kappa shape index (κ3) is 3.38. The molecule has 0 spiro atoms. The Hall–Kier alpha value is -2.59. The van der Waals surface area contributed by atoms with Gasteiger partial charge in [0.15, 0.2) is 9.92 Å². The molecule has 1 aliphatic heterocycles. The number of urea groups is 1. The second-order valence-corrected chi connectivity index (χ2v) is 10.9. The lowest BCUT2D eigenvalue weighted by molar-refractivity contribution is 0.132. The Morgan fingerprint density at radius 3 is 2.97 bits per heavy atom. The van der Waals surface area contributed by atoms with Crippen molar-refractivity contribution in [1.82, 2.24) is 14.5 Å². The van der Waals surface area contributed by atoms with E-state index < -0.39 is 21.5 Å². The summed E-state index contributed by atoms with van der Waals surface area (Å²) in [7, 11) is -3.68. The Morgan fingerprint density at radius 2 is 2.19 bits per heavy atom. The molecular formula is C21H27N5O4S. The topological polar surface area (TPSA) is 129 Å². The Labute approximate surface area is 181 Å². The van der Waals surface area contributed by atoms with Crippen LogP contribution in [0.5, 0.6) is 5.88 Å². The molecule has 0 radical (unpaired) electrons. The summed E-state index contributed by atoms with van der Waals surface area (Å²) in [6.07, 6.45) is 5.87. The van der Waals surface area contributed by atoms with Crippen molar-refractivity contribution in [3.05, 3.63) is 34.5 Å². The zero-order valence-electron chi connectivity index (χ0n) is 17.7. The van der Waals surface area contributed by atoms with Crippen LogP contribution in [0.2, 0.25) is 0 Å². The van der Waals surface area contributed by atoms with Gasteiger partial charge in [-0.25, -0.2) is 23.2 Å². The fourth-order valence-electron chi connectivity index (χ4n) is 5.04. The molecule has 0 saturated heterocycles. The SMILES string of the molecule is CC1(C)Cn2ncc(S(=N)(=O)NC(=O)Nc3c4c(cc5c3C(CO)CC5)CCC4)c2O1. The van der Waals surface area contributed by atoms with E-state index in [1.54, 1.807) is 4.68 Å². The number of hydrogen-bond acceptors (Lipinski definition) is 6. The Kier molecular flexibility index (Phi) is 4.56. The zero-order valence-corrected chi connectivity index (χ0v) is 18.5. The molecular weight excluding hydrogens is 418 g/mol. The second-order valence-electron chi connectivity index (χ2n) is 9.18. The molecule has 1 aromatic heterocycles. The lowest BCUT2D eigenvalue weighted by atomic mass is 9.94. The number of aliphatic hydroxyl groups is 1. The molecule has 166 valence electrons. The predicted molar refractivity (Wildman–Crippen MR) is 115 cm³/mol. The number of hydrogen-bond donors (Lipinski definition) is 4. The predicted octanol–water partition coefficient (Wildman–Crippen LogP) is 2.71. The van der Waals surface area contributed by atoms with Gasteiger partial charge in [-0.2, -0.15) is 5.10 Å². The molecule has 2 heterocycles. The molecule has 10 heteroatoms. The van der Waals surface area contributed by atoms with Crippen molar-refractivity contribution in [2.24, 2.45) is 0 Å². The molecule has 2 unspecified atom stereocenters.